The number of rotatable bonds is 7. The van der Waals surface area contributed by atoms with Crippen molar-refractivity contribution in [3.8, 4) is 0 Å². The Hall–Kier alpha value is -0.120. The van der Waals surface area contributed by atoms with E-state index in [2.05, 4.69) is 26.1 Å². The molecule has 1 fully saturated rings. The smallest absolute Gasteiger partial charge is 0.0604 e. The summed E-state index contributed by atoms with van der Waals surface area (Å²) >= 11 is 0. The van der Waals surface area contributed by atoms with Crippen molar-refractivity contribution in [1.82, 2.24) is 5.32 Å². The number of hydrogen-bond donors (Lipinski definition) is 1. The number of ether oxygens (including phenoxy) is 2. The summed E-state index contributed by atoms with van der Waals surface area (Å²) in [5, 5.41) is 3.46. The van der Waals surface area contributed by atoms with Crippen LogP contribution in [-0.2, 0) is 9.47 Å². The topological polar surface area (TPSA) is 30.5 Å². The van der Waals surface area contributed by atoms with Crippen LogP contribution in [0.5, 0.6) is 0 Å². The van der Waals surface area contributed by atoms with Gasteiger partial charge in [-0.05, 0) is 33.6 Å². The summed E-state index contributed by atoms with van der Waals surface area (Å²) in [5.74, 6) is 0. The second kappa shape index (κ2) is 6.38. The third kappa shape index (κ3) is 4.40. The molecule has 1 rings (SSSR count). The molecule has 1 N–H and O–H groups in total. The first kappa shape index (κ1) is 12.0. The minimum absolute atomic E-state index is 0.342. The highest BCUT2D eigenvalue weighted by Gasteiger charge is 2.28. The predicted octanol–water partition coefficient (Wildman–Crippen LogP) is 1.57. The molecule has 0 saturated heterocycles. The molecule has 0 heterocycles. The third-order valence-electron chi connectivity index (χ3n) is 2.48. The quantitative estimate of drug-likeness (QED) is 0.634. The van der Waals surface area contributed by atoms with Gasteiger partial charge >= 0.3 is 0 Å². The molecule has 0 amide bonds. The minimum atomic E-state index is 0.342. The molecule has 84 valence electrons. The zero-order chi connectivity index (χ0) is 10.4. The van der Waals surface area contributed by atoms with Crippen LogP contribution in [0, 0.1) is 0 Å². The van der Waals surface area contributed by atoms with E-state index in [0.29, 0.717) is 18.2 Å². The van der Waals surface area contributed by atoms with Gasteiger partial charge in [0.15, 0.2) is 0 Å². The lowest BCUT2D eigenvalue weighted by Crippen LogP contribution is -2.46. The zero-order valence-electron chi connectivity index (χ0n) is 9.58. The molecule has 0 bridgehead atoms. The number of hydrogen-bond acceptors (Lipinski definition) is 3. The average molecular weight is 201 g/mol. The van der Waals surface area contributed by atoms with Gasteiger partial charge in [0.05, 0.1) is 18.8 Å². The van der Waals surface area contributed by atoms with Gasteiger partial charge in [0.25, 0.3) is 0 Å². The van der Waals surface area contributed by atoms with Gasteiger partial charge in [-0.15, -0.1) is 0 Å². The molecular weight excluding hydrogens is 178 g/mol. The Labute approximate surface area is 87.2 Å². The van der Waals surface area contributed by atoms with Gasteiger partial charge in [-0.3, -0.25) is 0 Å². The Morgan fingerprint density at radius 2 is 2.07 bits per heavy atom. The van der Waals surface area contributed by atoms with Gasteiger partial charge in [0, 0.05) is 19.2 Å². The van der Waals surface area contributed by atoms with Crippen molar-refractivity contribution in [2.24, 2.45) is 0 Å². The van der Waals surface area contributed by atoms with E-state index >= 15 is 0 Å². The van der Waals surface area contributed by atoms with Crippen molar-refractivity contribution >= 4 is 0 Å². The van der Waals surface area contributed by atoms with Gasteiger partial charge < -0.3 is 14.8 Å². The van der Waals surface area contributed by atoms with Crippen molar-refractivity contribution in [3.63, 3.8) is 0 Å². The second-order valence-corrected chi connectivity index (χ2v) is 4.12. The summed E-state index contributed by atoms with van der Waals surface area (Å²) in [5.41, 5.74) is 0. The lowest BCUT2D eigenvalue weighted by atomic mass is 9.89. The fourth-order valence-corrected chi connectivity index (χ4v) is 1.66. The summed E-state index contributed by atoms with van der Waals surface area (Å²) in [6.45, 7) is 8.79. The molecule has 0 aromatic rings. The maximum atomic E-state index is 5.48. The lowest BCUT2D eigenvalue weighted by molar-refractivity contribution is -0.0125. The van der Waals surface area contributed by atoms with E-state index in [1.165, 1.54) is 0 Å². The Bertz CT molecular complexity index is 144. The first-order chi connectivity index (χ1) is 6.72. The van der Waals surface area contributed by atoms with Crippen LogP contribution < -0.4 is 5.32 Å². The molecule has 1 aliphatic rings. The molecule has 0 aromatic carbocycles. The van der Waals surface area contributed by atoms with Gasteiger partial charge in [0.1, 0.15) is 0 Å². The van der Waals surface area contributed by atoms with E-state index in [1.54, 1.807) is 0 Å². The van der Waals surface area contributed by atoms with Crippen molar-refractivity contribution in [2.75, 3.05) is 19.8 Å². The number of nitrogens with one attached hydrogen (secondary N) is 1. The van der Waals surface area contributed by atoms with Crippen LogP contribution in [0.15, 0.2) is 0 Å². The summed E-state index contributed by atoms with van der Waals surface area (Å²) in [4.78, 5) is 0. The van der Waals surface area contributed by atoms with Crippen LogP contribution in [0.3, 0.4) is 0 Å². The third-order valence-corrected chi connectivity index (χ3v) is 2.48. The van der Waals surface area contributed by atoms with Crippen LogP contribution >= 0.6 is 0 Å². The predicted molar refractivity (Wildman–Crippen MR) is 57.5 cm³/mol. The van der Waals surface area contributed by atoms with Crippen molar-refractivity contribution in [3.05, 3.63) is 0 Å². The van der Waals surface area contributed by atoms with Crippen LogP contribution in [0.2, 0.25) is 0 Å². The minimum Gasteiger partial charge on any atom is -0.378 e. The molecule has 0 aromatic heterocycles. The molecule has 1 aliphatic carbocycles. The standard InChI is InChI=1S/C11H23NO2/c1-4-13-11-7-10(8-11)12-5-6-14-9(2)3/h9-12H,4-8H2,1-3H3. The largest absolute Gasteiger partial charge is 0.378 e. The highest BCUT2D eigenvalue weighted by atomic mass is 16.5. The second-order valence-electron chi connectivity index (χ2n) is 4.12. The molecule has 0 aliphatic heterocycles. The Morgan fingerprint density at radius 3 is 2.64 bits per heavy atom. The van der Waals surface area contributed by atoms with Gasteiger partial charge in [-0.2, -0.15) is 0 Å². The van der Waals surface area contributed by atoms with Crippen LogP contribution in [0.4, 0.5) is 0 Å². The Morgan fingerprint density at radius 1 is 1.36 bits per heavy atom. The molecular formula is C11H23NO2. The molecule has 3 heteroatoms. The van der Waals surface area contributed by atoms with Crippen LogP contribution in [-0.4, -0.2) is 38.0 Å². The van der Waals surface area contributed by atoms with E-state index in [9.17, 15) is 0 Å². The molecule has 0 spiro atoms. The highest BCUT2D eigenvalue weighted by Crippen LogP contribution is 2.22. The highest BCUT2D eigenvalue weighted by molar-refractivity contribution is 4.85. The van der Waals surface area contributed by atoms with E-state index in [-0.39, 0.29) is 0 Å². The summed E-state index contributed by atoms with van der Waals surface area (Å²) in [6, 6.07) is 0.655. The summed E-state index contributed by atoms with van der Waals surface area (Å²) < 4.78 is 10.9. The van der Waals surface area contributed by atoms with Gasteiger partial charge in [-0.25, -0.2) is 0 Å². The van der Waals surface area contributed by atoms with Crippen LogP contribution in [0.1, 0.15) is 33.6 Å². The molecule has 0 atom stereocenters. The fourth-order valence-electron chi connectivity index (χ4n) is 1.66. The van der Waals surface area contributed by atoms with Crippen molar-refractivity contribution in [2.45, 2.75) is 51.9 Å². The van der Waals surface area contributed by atoms with E-state index < -0.39 is 0 Å². The Kier molecular flexibility index (Phi) is 5.45. The monoisotopic (exact) mass is 201 g/mol. The summed E-state index contributed by atoms with van der Waals surface area (Å²) in [6.07, 6.45) is 3.17. The van der Waals surface area contributed by atoms with Crippen molar-refractivity contribution < 1.29 is 9.47 Å². The molecule has 0 unspecified atom stereocenters. The molecule has 1 saturated carbocycles. The van der Waals surface area contributed by atoms with E-state index in [1.807, 2.05) is 0 Å². The van der Waals surface area contributed by atoms with Crippen LogP contribution in [0.25, 0.3) is 0 Å². The lowest BCUT2D eigenvalue weighted by Gasteiger charge is -2.35. The first-order valence-electron chi connectivity index (χ1n) is 5.69. The maximum absolute atomic E-state index is 5.48. The van der Waals surface area contributed by atoms with Gasteiger partial charge in [0.2, 0.25) is 0 Å². The van der Waals surface area contributed by atoms with E-state index in [4.69, 9.17) is 9.47 Å². The van der Waals surface area contributed by atoms with E-state index in [0.717, 1.165) is 32.6 Å². The fraction of sp³-hybridized carbons (Fsp3) is 1.00. The van der Waals surface area contributed by atoms with Crippen molar-refractivity contribution in [1.29, 1.82) is 0 Å². The maximum Gasteiger partial charge on any atom is 0.0604 e. The summed E-state index contributed by atoms with van der Waals surface area (Å²) in [7, 11) is 0. The zero-order valence-corrected chi connectivity index (χ0v) is 9.58. The molecule has 3 nitrogen and oxygen atoms in total. The average Bonchev–Trinajstić information content (AvgIpc) is 2.06. The Balaban J connectivity index is 1.86. The SMILES string of the molecule is CCOC1CC(NCCOC(C)C)C1. The molecule has 14 heavy (non-hydrogen) atoms. The normalized spacial score (nSPS) is 26.6. The molecule has 0 radical (unpaired) electrons. The van der Waals surface area contributed by atoms with Gasteiger partial charge in [-0.1, -0.05) is 0 Å². The first-order valence-corrected chi connectivity index (χ1v) is 5.69.